The van der Waals surface area contributed by atoms with Crippen LogP contribution in [-0.4, -0.2) is 12.6 Å². The van der Waals surface area contributed by atoms with Crippen LogP contribution in [-0.2, 0) is 4.74 Å². The van der Waals surface area contributed by atoms with Gasteiger partial charge in [-0.2, -0.15) is 0 Å². The van der Waals surface area contributed by atoms with E-state index in [1.165, 1.54) is 32.1 Å². The van der Waals surface area contributed by atoms with Crippen molar-refractivity contribution in [3.63, 3.8) is 0 Å². The first-order valence-corrected chi connectivity index (χ1v) is 6.78. The zero-order valence-corrected chi connectivity index (χ0v) is 10.7. The van der Waals surface area contributed by atoms with Crippen LogP contribution in [0.4, 0.5) is 5.69 Å². The van der Waals surface area contributed by atoms with Crippen LogP contribution in [0.3, 0.4) is 0 Å². The first-order valence-electron chi connectivity index (χ1n) is 6.78. The number of anilines is 1. The van der Waals surface area contributed by atoms with E-state index in [9.17, 15) is 4.79 Å². The Balaban J connectivity index is 1.72. The maximum absolute atomic E-state index is 11.7. The SMILES string of the molecule is Nc1ccc(C(=O)OCCC2CCCCC2)cc1. The molecule has 0 spiro atoms. The van der Waals surface area contributed by atoms with Crippen molar-refractivity contribution in [2.45, 2.75) is 38.5 Å². The molecule has 1 saturated carbocycles. The Morgan fingerprint density at radius 1 is 1.17 bits per heavy atom. The van der Waals surface area contributed by atoms with E-state index in [2.05, 4.69) is 0 Å². The van der Waals surface area contributed by atoms with Crippen molar-refractivity contribution < 1.29 is 9.53 Å². The summed E-state index contributed by atoms with van der Waals surface area (Å²) in [6, 6.07) is 6.85. The fraction of sp³-hybridized carbons (Fsp3) is 0.533. The Labute approximate surface area is 108 Å². The number of benzene rings is 1. The van der Waals surface area contributed by atoms with Crippen LogP contribution in [0.1, 0.15) is 48.9 Å². The summed E-state index contributed by atoms with van der Waals surface area (Å²) in [5.41, 5.74) is 6.81. The minimum absolute atomic E-state index is 0.245. The van der Waals surface area contributed by atoms with Gasteiger partial charge in [-0.3, -0.25) is 0 Å². The van der Waals surface area contributed by atoms with Gasteiger partial charge in [-0.1, -0.05) is 32.1 Å². The average Bonchev–Trinajstić information content (AvgIpc) is 2.40. The zero-order valence-electron chi connectivity index (χ0n) is 10.7. The molecule has 2 N–H and O–H groups in total. The third kappa shape index (κ3) is 3.76. The maximum atomic E-state index is 11.7. The van der Waals surface area contributed by atoms with Gasteiger partial charge in [0.1, 0.15) is 0 Å². The third-order valence-corrected chi connectivity index (χ3v) is 3.63. The van der Waals surface area contributed by atoms with Crippen LogP contribution in [0.5, 0.6) is 0 Å². The van der Waals surface area contributed by atoms with Crippen molar-refractivity contribution >= 4 is 11.7 Å². The van der Waals surface area contributed by atoms with Gasteiger partial charge in [-0.15, -0.1) is 0 Å². The molecule has 0 unspecified atom stereocenters. The van der Waals surface area contributed by atoms with Crippen molar-refractivity contribution in [3.8, 4) is 0 Å². The lowest BCUT2D eigenvalue weighted by atomic mass is 9.87. The van der Waals surface area contributed by atoms with Crippen LogP contribution >= 0.6 is 0 Å². The largest absolute Gasteiger partial charge is 0.462 e. The Kier molecular flexibility index (Phi) is 4.62. The van der Waals surface area contributed by atoms with Crippen molar-refractivity contribution in [3.05, 3.63) is 29.8 Å². The summed E-state index contributed by atoms with van der Waals surface area (Å²) >= 11 is 0. The molecule has 0 amide bonds. The molecule has 1 aromatic carbocycles. The summed E-state index contributed by atoms with van der Waals surface area (Å²) in [5, 5.41) is 0. The Morgan fingerprint density at radius 2 is 1.83 bits per heavy atom. The molecule has 0 bridgehead atoms. The Bertz CT molecular complexity index is 380. The minimum atomic E-state index is -0.245. The van der Waals surface area contributed by atoms with Gasteiger partial charge in [-0.05, 0) is 36.6 Å². The molecule has 98 valence electrons. The van der Waals surface area contributed by atoms with Gasteiger partial charge in [0.05, 0.1) is 12.2 Å². The topological polar surface area (TPSA) is 52.3 Å². The summed E-state index contributed by atoms with van der Waals surface area (Å²) in [6.45, 7) is 0.536. The second-order valence-electron chi connectivity index (χ2n) is 5.05. The quantitative estimate of drug-likeness (QED) is 0.655. The van der Waals surface area contributed by atoms with Crippen molar-refractivity contribution in [2.75, 3.05) is 12.3 Å². The van der Waals surface area contributed by atoms with E-state index in [1.807, 2.05) is 0 Å². The third-order valence-electron chi connectivity index (χ3n) is 3.63. The molecule has 1 aromatic rings. The molecule has 0 radical (unpaired) electrons. The molecule has 0 saturated heterocycles. The molecule has 0 aliphatic heterocycles. The number of nitrogens with two attached hydrogens (primary N) is 1. The number of rotatable bonds is 4. The van der Waals surface area contributed by atoms with Crippen LogP contribution in [0, 0.1) is 5.92 Å². The van der Waals surface area contributed by atoms with E-state index in [4.69, 9.17) is 10.5 Å². The van der Waals surface area contributed by atoms with Gasteiger partial charge in [0.15, 0.2) is 0 Å². The standard InChI is InChI=1S/C15H21NO2/c16-14-8-6-13(7-9-14)15(17)18-11-10-12-4-2-1-3-5-12/h6-9,12H,1-5,10-11,16H2. The lowest BCUT2D eigenvalue weighted by Crippen LogP contribution is -2.12. The molecule has 1 fully saturated rings. The van der Waals surface area contributed by atoms with E-state index in [0.717, 1.165) is 12.3 Å². The minimum Gasteiger partial charge on any atom is -0.462 e. The van der Waals surface area contributed by atoms with Crippen LogP contribution in [0.15, 0.2) is 24.3 Å². The van der Waals surface area contributed by atoms with Crippen LogP contribution in [0.25, 0.3) is 0 Å². The predicted octanol–water partition coefficient (Wildman–Crippen LogP) is 3.40. The van der Waals surface area contributed by atoms with E-state index in [1.54, 1.807) is 24.3 Å². The molecule has 1 aliphatic carbocycles. The van der Waals surface area contributed by atoms with E-state index in [-0.39, 0.29) is 5.97 Å². The first-order chi connectivity index (χ1) is 8.75. The highest BCUT2D eigenvalue weighted by molar-refractivity contribution is 5.89. The Hall–Kier alpha value is -1.51. The molecule has 0 heterocycles. The monoisotopic (exact) mass is 247 g/mol. The zero-order chi connectivity index (χ0) is 12.8. The number of carbonyl (C=O) groups is 1. The maximum Gasteiger partial charge on any atom is 0.338 e. The number of esters is 1. The highest BCUT2D eigenvalue weighted by Gasteiger charge is 2.14. The van der Waals surface area contributed by atoms with Gasteiger partial charge < -0.3 is 10.5 Å². The molecular weight excluding hydrogens is 226 g/mol. The highest BCUT2D eigenvalue weighted by Crippen LogP contribution is 2.26. The predicted molar refractivity (Wildman–Crippen MR) is 72.3 cm³/mol. The van der Waals surface area contributed by atoms with Gasteiger partial charge in [-0.25, -0.2) is 4.79 Å². The van der Waals surface area contributed by atoms with Crippen molar-refractivity contribution in [1.29, 1.82) is 0 Å². The van der Waals surface area contributed by atoms with Gasteiger partial charge in [0.25, 0.3) is 0 Å². The van der Waals surface area contributed by atoms with Gasteiger partial charge >= 0.3 is 5.97 Å². The lowest BCUT2D eigenvalue weighted by Gasteiger charge is -2.21. The molecule has 3 heteroatoms. The second kappa shape index (κ2) is 6.43. The normalized spacial score (nSPS) is 16.4. The fourth-order valence-corrected chi connectivity index (χ4v) is 2.50. The van der Waals surface area contributed by atoms with E-state index in [0.29, 0.717) is 17.9 Å². The van der Waals surface area contributed by atoms with Gasteiger partial charge in [0.2, 0.25) is 0 Å². The Morgan fingerprint density at radius 3 is 2.50 bits per heavy atom. The molecule has 3 nitrogen and oxygen atoms in total. The summed E-state index contributed by atoms with van der Waals surface area (Å²) < 4.78 is 5.29. The molecule has 1 aliphatic rings. The first kappa shape index (κ1) is 12.9. The molecule has 18 heavy (non-hydrogen) atoms. The molecular formula is C15H21NO2. The van der Waals surface area contributed by atoms with Crippen molar-refractivity contribution in [2.24, 2.45) is 5.92 Å². The number of nitrogen functional groups attached to an aromatic ring is 1. The van der Waals surface area contributed by atoms with Crippen LogP contribution in [0.2, 0.25) is 0 Å². The number of hydrogen-bond donors (Lipinski definition) is 1. The average molecular weight is 247 g/mol. The summed E-state index contributed by atoms with van der Waals surface area (Å²) in [4.78, 5) is 11.7. The molecule has 0 aromatic heterocycles. The summed E-state index contributed by atoms with van der Waals surface area (Å²) in [6.07, 6.45) is 7.61. The lowest BCUT2D eigenvalue weighted by molar-refractivity contribution is 0.0475. The van der Waals surface area contributed by atoms with Crippen molar-refractivity contribution in [1.82, 2.24) is 0 Å². The van der Waals surface area contributed by atoms with E-state index >= 15 is 0 Å². The van der Waals surface area contributed by atoms with Gasteiger partial charge in [0, 0.05) is 5.69 Å². The summed E-state index contributed by atoms with van der Waals surface area (Å²) in [5.74, 6) is 0.503. The number of carbonyl (C=O) groups excluding carboxylic acids is 1. The fourth-order valence-electron chi connectivity index (χ4n) is 2.50. The summed E-state index contributed by atoms with van der Waals surface area (Å²) in [7, 11) is 0. The highest BCUT2D eigenvalue weighted by atomic mass is 16.5. The van der Waals surface area contributed by atoms with E-state index < -0.39 is 0 Å². The van der Waals surface area contributed by atoms with Crippen LogP contribution < -0.4 is 5.73 Å². The second-order valence-corrected chi connectivity index (χ2v) is 5.05. The number of hydrogen-bond acceptors (Lipinski definition) is 3. The smallest absolute Gasteiger partial charge is 0.338 e. The molecule has 2 rings (SSSR count). The molecule has 0 atom stereocenters. The number of ether oxygens (including phenoxy) is 1.